The first-order chi connectivity index (χ1) is 13.8. The van der Waals surface area contributed by atoms with Gasteiger partial charge in [-0.25, -0.2) is 17.5 Å². The lowest BCUT2D eigenvalue weighted by atomic mass is 9.87. The molecule has 6 nitrogen and oxygen atoms in total. The molecule has 1 amide bonds. The molecule has 1 aliphatic rings. The Hall–Kier alpha value is -2.45. The molecule has 1 aliphatic carbocycles. The Bertz CT molecular complexity index is 994. The van der Waals surface area contributed by atoms with Crippen molar-refractivity contribution in [1.29, 1.82) is 0 Å². The van der Waals surface area contributed by atoms with Gasteiger partial charge in [0, 0.05) is 17.3 Å². The molecular weight excluding hydrogens is 395 g/mol. The van der Waals surface area contributed by atoms with Crippen molar-refractivity contribution in [2.75, 3.05) is 12.4 Å². The average Bonchev–Trinajstić information content (AvgIpc) is 2.69. The standard InChI is InChI=1S/C21H25FN2O4S/c1-14-6-3-4-9-18(14)24-29(26,27)20-12-15(10-11-19(20)28-2)21(25)23-17-8-5-7-16(22)13-17/h5,7-8,10-14,18,24H,3-4,6,9H2,1-2H3,(H,23,25)/t14-,18+/m0/s1. The smallest absolute Gasteiger partial charge is 0.255 e. The van der Waals surface area contributed by atoms with E-state index in [0.29, 0.717) is 0 Å². The molecule has 0 spiro atoms. The van der Waals surface area contributed by atoms with Crippen LogP contribution in [0, 0.1) is 11.7 Å². The topological polar surface area (TPSA) is 84.5 Å². The predicted molar refractivity (Wildman–Crippen MR) is 109 cm³/mol. The van der Waals surface area contributed by atoms with E-state index in [9.17, 15) is 17.6 Å². The number of amides is 1. The number of hydrogen-bond acceptors (Lipinski definition) is 4. The number of carbonyl (C=O) groups is 1. The van der Waals surface area contributed by atoms with Gasteiger partial charge in [0.2, 0.25) is 10.0 Å². The Labute approximate surface area is 170 Å². The molecule has 8 heteroatoms. The van der Waals surface area contributed by atoms with Gasteiger partial charge in [-0.15, -0.1) is 0 Å². The fraction of sp³-hybridized carbons (Fsp3) is 0.381. The first-order valence-electron chi connectivity index (χ1n) is 9.57. The maximum absolute atomic E-state index is 13.3. The Morgan fingerprint density at radius 2 is 1.90 bits per heavy atom. The van der Waals surface area contributed by atoms with E-state index in [0.717, 1.165) is 25.7 Å². The Kier molecular flexibility index (Phi) is 6.54. The molecule has 1 saturated carbocycles. The van der Waals surface area contributed by atoms with Gasteiger partial charge in [-0.2, -0.15) is 0 Å². The lowest BCUT2D eigenvalue weighted by Crippen LogP contribution is -2.41. The second-order valence-electron chi connectivity index (χ2n) is 7.32. The van der Waals surface area contributed by atoms with Gasteiger partial charge in [-0.1, -0.05) is 25.8 Å². The number of ether oxygens (including phenoxy) is 1. The summed E-state index contributed by atoms with van der Waals surface area (Å²) < 4.78 is 47.4. The highest BCUT2D eigenvalue weighted by Crippen LogP contribution is 2.29. The first-order valence-corrected chi connectivity index (χ1v) is 11.1. The van der Waals surface area contributed by atoms with Crippen molar-refractivity contribution in [1.82, 2.24) is 4.72 Å². The second kappa shape index (κ2) is 8.92. The van der Waals surface area contributed by atoms with Crippen molar-refractivity contribution >= 4 is 21.6 Å². The van der Waals surface area contributed by atoms with E-state index in [-0.39, 0.29) is 33.9 Å². The molecule has 29 heavy (non-hydrogen) atoms. The van der Waals surface area contributed by atoms with E-state index in [1.807, 2.05) is 6.92 Å². The van der Waals surface area contributed by atoms with E-state index in [2.05, 4.69) is 10.0 Å². The van der Waals surface area contributed by atoms with Crippen LogP contribution in [0.1, 0.15) is 43.0 Å². The van der Waals surface area contributed by atoms with Gasteiger partial charge in [0.1, 0.15) is 16.5 Å². The number of methoxy groups -OCH3 is 1. The summed E-state index contributed by atoms with van der Waals surface area (Å²) >= 11 is 0. The van der Waals surface area contributed by atoms with Crippen LogP contribution in [0.4, 0.5) is 10.1 Å². The lowest BCUT2D eigenvalue weighted by Gasteiger charge is -2.29. The van der Waals surface area contributed by atoms with Gasteiger partial charge in [0.05, 0.1) is 7.11 Å². The number of hydrogen-bond donors (Lipinski definition) is 2. The molecule has 0 bridgehead atoms. The Morgan fingerprint density at radius 1 is 1.14 bits per heavy atom. The molecule has 2 aromatic carbocycles. The molecule has 0 aliphatic heterocycles. The van der Waals surface area contributed by atoms with Gasteiger partial charge in [0.25, 0.3) is 5.91 Å². The zero-order valence-electron chi connectivity index (χ0n) is 16.4. The predicted octanol–water partition coefficient (Wildman–Crippen LogP) is 3.94. The SMILES string of the molecule is COc1ccc(C(=O)Nc2cccc(F)c2)cc1S(=O)(=O)N[C@@H]1CCCC[C@@H]1C. The maximum Gasteiger partial charge on any atom is 0.255 e. The van der Waals surface area contributed by atoms with E-state index < -0.39 is 21.7 Å². The highest BCUT2D eigenvalue weighted by Gasteiger charge is 2.29. The number of carbonyl (C=O) groups excluding carboxylic acids is 1. The molecule has 1 fully saturated rings. The molecule has 156 valence electrons. The van der Waals surface area contributed by atoms with E-state index in [1.54, 1.807) is 6.07 Å². The number of halogens is 1. The summed E-state index contributed by atoms with van der Waals surface area (Å²) in [6.45, 7) is 2.03. The van der Waals surface area contributed by atoms with Gasteiger partial charge in [0.15, 0.2) is 0 Å². The molecule has 2 N–H and O–H groups in total. The third kappa shape index (κ3) is 5.13. The monoisotopic (exact) mass is 420 g/mol. The highest BCUT2D eigenvalue weighted by atomic mass is 32.2. The molecule has 0 heterocycles. The molecular formula is C21H25FN2O4S. The van der Waals surface area contributed by atoms with Crippen LogP contribution in [0.3, 0.4) is 0 Å². The van der Waals surface area contributed by atoms with Gasteiger partial charge in [-0.3, -0.25) is 4.79 Å². The minimum absolute atomic E-state index is 0.0929. The van der Waals surface area contributed by atoms with Crippen molar-refractivity contribution < 1.29 is 22.3 Å². The quantitative estimate of drug-likeness (QED) is 0.741. The fourth-order valence-electron chi connectivity index (χ4n) is 3.55. The Balaban J connectivity index is 1.87. The van der Waals surface area contributed by atoms with Crippen molar-refractivity contribution in [3.05, 3.63) is 53.8 Å². The number of nitrogens with one attached hydrogen (secondary N) is 2. The van der Waals surface area contributed by atoms with Crippen LogP contribution >= 0.6 is 0 Å². The summed E-state index contributed by atoms with van der Waals surface area (Å²) in [4.78, 5) is 12.5. The molecule has 2 aromatic rings. The van der Waals surface area contributed by atoms with Crippen LogP contribution in [0.25, 0.3) is 0 Å². The normalized spacial score (nSPS) is 19.6. The van der Waals surface area contributed by atoms with Crippen molar-refractivity contribution in [3.8, 4) is 5.75 Å². The first kappa shape index (κ1) is 21.3. The Morgan fingerprint density at radius 3 is 2.59 bits per heavy atom. The fourth-order valence-corrected chi connectivity index (χ4v) is 5.13. The van der Waals surface area contributed by atoms with Crippen LogP contribution < -0.4 is 14.8 Å². The van der Waals surface area contributed by atoms with E-state index in [4.69, 9.17) is 4.74 Å². The molecule has 0 saturated heterocycles. The van der Waals surface area contributed by atoms with Gasteiger partial charge in [-0.05, 0) is 55.2 Å². The minimum atomic E-state index is -3.89. The molecule has 3 rings (SSSR count). The third-order valence-electron chi connectivity index (χ3n) is 5.22. The number of anilines is 1. The summed E-state index contributed by atoms with van der Waals surface area (Å²) in [7, 11) is -2.51. The summed E-state index contributed by atoms with van der Waals surface area (Å²) in [5.74, 6) is -0.625. The molecule has 0 unspecified atom stereocenters. The highest BCUT2D eigenvalue weighted by molar-refractivity contribution is 7.89. The molecule has 0 aromatic heterocycles. The van der Waals surface area contributed by atoms with Crippen molar-refractivity contribution in [2.45, 2.75) is 43.5 Å². The van der Waals surface area contributed by atoms with Crippen LogP contribution in [-0.2, 0) is 10.0 Å². The van der Waals surface area contributed by atoms with E-state index >= 15 is 0 Å². The number of sulfonamides is 1. The number of benzene rings is 2. The summed E-state index contributed by atoms with van der Waals surface area (Å²) in [6.07, 6.45) is 3.83. The van der Waals surface area contributed by atoms with Crippen LogP contribution in [0.15, 0.2) is 47.4 Å². The van der Waals surface area contributed by atoms with Crippen LogP contribution in [0.2, 0.25) is 0 Å². The largest absolute Gasteiger partial charge is 0.495 e. The van der Waals surface area contributed by atoms with Crippen molar-refractivity contribution in [2.24, 2.45) is 5.92 Å². The molecule has 2 atom stereocenters. The summed E-state index contributed by atoms with van der Waals surface area (Å²) in [6, 6.07) is 9.52. The number of rotatable bonds is 6. The minimum Gasteiger partial charge on any atom is -0.495 e. The third-order valence-corrected chi connectivity index (χ3v) is 6.73. The van der Waals surface area contributed by atoms with Crippen LogP contribution in [-0.4, -0.2) is 27.5 Å². The molecule has 0 radical (unpaired) electrons. The van der Waals surface area contributed by atoms with Gasteiger partial charge >= 0.3 is 0 Å². The zero-order chi connectivity index (χ0) is 21.0. The van der Waals surface area contributed by atoms with Crippen LogP contribution in [0.5, 0.6) is 5.75 Å². The van der Waals surface area contributed by atoms with Gasteiger partial charge < -0.3 is 10.1 Å². The maximum atomic E-state index is 13.3. The zero-order valence-corrected chi connectivity index (χ0v) is 17.3. The van der Waals surface area contributed by atoms with Crippen molar-refractivity contribution in [3.63, 3.8) is 0 Å². The summed E-state index contributed by atoms with van der Waals surface area (Å²) in [5.41, 5.74) is 0.413. The average molecular weight is 421 g/mol. The lowest BCUT2D eigenvalue weighted by molar-refractivity contribution is 0.102. The summed E-state index contributed by atoms with van der Waals surface area (Å²) in [5, 5.41) is 2.57. The second-order valence-corrected chi connectivity index (χ2v) is 9.00. The van der Waals surface area contributed by atoms with E-state index in [1.165, 1.54) is 43.5 Å².